The van der Waals surface area contributed by atoms with Crippen LogP contribution in [0, 0.1) is 12.8 Å². The number of hydrogen-bond acceptors (Lipinski definition) is 3. The molecule has 1 N–H and O–H groups in total. The molecule has 0 aliphatic rings. The zero-order valence-corrected chi connectivity index (χ0v) is 13.8. The molecule has 3 rings (SSSR count). The summed E-state index contributed by atoms with van der Waals surface area (Å²) in [5.41, 5.74) is 3.56. The van der Waals surface area contributed by atoms with Crippen LogP contribution in [0.25, 0.3) is 16.2 Å². The highest BCUT2D eigenvalue weighted by molar-refractivity contribution is 7.15. The predicted molar refractivity (Wildman–Crippen MR) is 90.4 cm³/mol. The van der Waals surface area contributed by atoms with Gasteiger partial charge in [-0.05, 0) is 12.8 Å². The number of nitrogens with one attached hydrogen (secondary N) is 1. The molecular weight excluding hydrogens is 294 g/mol. The van der Waals surface area contributed by atoms with Crippen LogP contribution in [0.1, 0.15) is 29.9 Å². The third-order valence-corrected chi connectivity index (χ3v) is 4.23. The van der Waals surface area contributed by atoms with Gasteiger partial charge in [0.1, 0.15) is 0 Å². The van der Waals surface area contributed by atoms with Gasteiger partial charge in [-0.15, -0.1) is 11.3 Å². The van der Waals surface area contributed by atoms with Crippen molar-refractivity contribution in [3.63, 3.8) is 0 Å². The summed E-state index contributed by atoms with van der Waals surface area (Å²) in [4.78, 5) is 17.9. The molecule has 3 aromatic rings. The van der Waals surface area contributed by atoms with Crippen LogP contribution >= 0.6 is 11.3 Å². The first-order chi connectivity index (χ1) is 10.6. The van der Waals surface area contributed by atoms with Gasteiger partial charge >= 0.3 is 0 Å². The summed E-state index contributed by atoms with van der Waals surface area (Å²) in [5, 5.41) is 4.94. The van der Waals surface area contributed by atoms with Gasteiger partial charge in [-0.3, -0.25) is 9.20 Å². The Bertz CT molecular complexity index is 799. The Labute approximate surface area is 133 Å². The van der Waals surface area contributed by atoms with Gasteiger partial charge in [0.2, 0.25) is 0 Å². The number of imidazole rings is 1. The molecule has 2 heterocycles. The summed E-state index contributed by atoms with van der Waals surface area (Å²) in [6.07, 6.45) is 1.96. The quantitative estimate of drug-likeness (QED) is 0.797. The molecule has 114 valence electrons. The minimum absolute atomic E-state index is 0.111. The van der Waals surface area contributed by atoms with Gasteiger partial charge in [0.25, 0.3) is 5.91 Å². The van der Waals surface area contributed by atoms with Crippen LogP contribution in [0.4, 0.5) is 0 Å². The summed E-state index contributed by atoms with van der Waals surface area (Å²) in [6, 6.07) is 8.18. The van der Waals surface area contributed by atoms with Crippen molar-refractivity contribution in [2.75, 3.05) is 6.54 Å². The van der Waals surface area contributed by atoms with Gasteiger partial charge in [-0.1, -0.05) is 43.7 Å². The highest BCUT2D eigenvalue weighted by Crippen LogP contribution is 2.27. The number of rotatable bonds is 4. The molecule has 1 amide bonds. The Balaban J connectivity index is 2.06. The van der Waals surface area contributed by atoms with Gasteiger partial charge in [-0.25, -0.2) is 4.98 Å². The second kappa shape index (κ2) is 5.93. The number of carbonyl (C=O) groups is 1. The number of thiazole rings is 1. The van der Waals surface area contributed by atoms with E-state index in [0.717, 1.165) is 16.2 Å². The molecule has 0 radical (unpaired) electrons. The second-order valence-electron chi connectivity index (χ2n) is 5.83. The molecule has 4 nitrogen and oxygen atoms in total. The first kappa shape index (κ1) is 14.8. The van der Waals surface area contributed by atoms with Crippen LogP contribution in [0.5, 0.6) is 0 Å². The molecule has 0 atom stereocenters. The van der Waals surface area contributed by atoms with Gasteiger partial charge < -0.3 is 5.32 Å². The van der Waals surface area contributed by atoms with E-state index in [2.05, 4.69) is 43.2 Å². The number of carbonyl (C=O) groups excluding carboxylic acids is 1. The van der Waals surface area contributed by atoms with Crippen LogP contribution in [0.3, 0.4) is 0 Å². The Hall–Kier alpha value is -2.14. The van der Waals surface area contributed by atoms with Crippen LogP contribution in [0.2, 0.25) is 0 Å². The van der Waals surface area contributed by atoms with Crippen LogP contribution in [-0.2, 0) is 0 Å². The predicted octanol–water partition coefficient (Wildman–Crippen LogP) is 3.76. The third kappa shape index (κ3) is 2.76. The number of nitrogens with zero attached hydrogens (tertiary/aromatic N) is 2. The van der Waals surface area contributed by atoms with Crippen LogP contribution in [-0.4, -0.2) is 21.8 Å². The number of hydrogen-bond donors (Lipinski definition) is 1. The SMILES string of the molecule is Cc1ccc(-c2c(C(=O)NCC(C)C)nc3sccn23)cc1. The number of amides is 1. The van der Waals surface area contributed by atoms with Crippen molar-refractivity contribution in [3.05, 3.63) is 47.1 Å². The maximum atomic E-state index is 12.5. The monoisotopic (exact) mass is 313 g/mol. The average molecular weight is 313 g/mol. The minimum Gasteiger partial charge on any atom is -0.350 e. The Morgan fingerprint density at radius 2 is 2.05 bits per heavy atom. The molecule has 0 aliphatic heterocycles. The van der Waals surface area contributed by atoms with Gasteiger partial charge in [0, 0.05) is 23.7 Å². The zero-order chi connectivity index (χ0) is 15.7. The lowest BCUT2D eigenvalue weighted by Crippen LogP contribution is -2.28. The topological polar surface area (TPSA) is 46.4 Å². The number of aromatic nitrogens is 2. The molecule has 0 spiro atoms. The summed E-state index contributed by atoms with van der Waals surface area (Å²) in [5.74, 6) is 0.302. The van der Waals surface area contributed by atoms with Gasteiger partial charge in [0.05, 0.1) is 5.69 Å². The van der Waals surface area contributed by atoms with E-state index in [9.17, 15) is 4.79 Å². The molecule has 5 heteroatoms. The van der Waals surface area contributed by atoms with E-state index in [4.69, 9.17) is 0 Å². The number of aryl methyl sites for hydroxylation is 1. The van der Waals surface area contributed by atoms with E-state index in [1.165, 1.54) is 16.9 Å². The van der Waals surface area contributed by atoms with Crippen molar-refractivity contribution < 1.29 is 4.79 Å². The van der Waals surface area contributed by atoms with Crippen molar-refractivity contribution in [2.24, 2.45) is 5.92 Å². The number of fused-ring (bicyclic) bond motifs is 1. The summed E-state index contributed by atoms with van der Waals surface area (Å²) >= 11 is 1.53. The standard InChI is InChI=1S/C17H19N3OS/c1-11(2)10-18-16(21)14-15(13-6-4-12(3)5-7-13)20-8-9-22-17(20)19-14/h4-9,11H,10H2,1-3H3,(H,18,21). The second-order valence-corrected chi connectivity index (χ2v) is 6.71. The zero-order valence-electron chi connectivity index (χ0n) is 13.0. The highest BCUT2D eigenvalue weighted by Gasteiger charge is 2.20. The van der Waals surface area contributed by atoms with Crippen LogP contribution in [0.15, 0.2) is 35.8 Å². The van der Waals surface area contributed by atoms with E-state index in [-0.39, 0.29) is 5.91 Å². The normalized spacial score (nSPS) is 11.3. The Morgan fingerprint density at radius 1 is 1.32 bits per heavy atom. The van der Waals surface area contributed by atoms with E-state index >= 15 is 0 Å². The average Bonchev–Trinajstić information content (AvgIpc) is 3.06. The van der Waals surface area contributed by atoms with Crippen molar-refractivity contribution in [1.82, 2.24) is 14.7 Å². The molecule has 0 unspecified atom stereocenters. The van der Waals surface area contributed by atoms with Crippen molar-refractivity contribution in [3.8, 4) is 11.3 Å². The maximum absolute atomic E-state index is 12.5. The minimum atomic E-state index is -0.111. The molecule has 22 heavy (non-hydrogen) atoms. The molecule has 0 bridgehead atoms. The highest BCUT2D eigenvalue weighted by atomic mass is 32.1. The fourth-order valence-electron chi connectivity index (χ4n) is 2.31. The Morgan fingerprint density at radius 3 is 2.73 bits per heavy atom. The van der Waals surface area contributed by atoms with Crippen molar-refractivity contribution >= 4 is 22.2 Å². The third-order valence-electron chi connectivity index (χ3n) is 3.47. The van der Waals surface area contributed by atoms with Crippen molar-refractivity contribution in [2.45, 2.75) is 20.8 Å². The molecular formula is C17H19N3OS. The fraction of sp³-hybridized carbons (Fsp3) is 0.294. The molecule has 0 aliphatic carbocycles. The first-order valence-electron chi connectivity index (χ1n) is 7.37. The molecule has 0 saturated carbocycles. The summed E-state index contributed by atoms with van der Waals surface area (Å²) in [7, 11) is 0. The lowest BCUT2D eigenvalue weighted by Gasteiger charge is -2.08. The maximum Gasteiger partial charge on any atom is 0.272 e. The Kier molecular flexibility index (Phi) is 3.98. The van der Waals surface area contributed by atoms with E-state index in [1.54, 1.807) is 0 Å². The lowest BCUT2D eigenvalue weighted by molar-refractivity contribution is 0.0945. The van der Waals surface area contributed by atoms with E-state index in [1.807, 2.05) is 28.1 Å². The first-order valence-corrected chi connectivity index (χ1v) is 8.25. The molecule has 2 aromatic heterocycles. The molecule has 0 fully saturated rings. The smallest absolute Gasteiger partial charge is 0.272 e. The summed E-state index contributed by atoms with van der Waals surface area (Å²) in [6.45, 7) is 6.85. The largest absolute Gasteiger partial charge is 0.350 e. The van der Waals surface area contributed by atoms with Gasteiger partial charge in [0.15, 0.2) is 10.7 Å². The van der Waals surface area contributed by atoms with Crippen molar-refractivity contribution in [1.29, 1.82) is 0 Å². The lowest BCUT2D eigenvalue weighted by atomic mass is 10.1. The van der Waals surface area contributed by atoms with E-state index < -0.39 is 0 Å². The summed E-state index contributed by atoms with van der Waals surface area (Å²) < 4.78 is 1.99. The molecule has 0 saturated heterocycles. The van der Waals surface area contributed by atoms with Crippen LogP contribution < -0.4 is 5.32 Å². The number of benzene rings is 1. The molecule has 1 aromatic carbocycles. The van der Waals surface area contributed by atoms with E-state index in [0.29, 0.717) is 18.2 Å². The van der Waals surface area contributed by atoms with Gasteiger partial charge in [-0.2, -0.15) is 0 Å². The fourth-order valence-corrected chi connectivity index (χ4v) is 3.03.